The van der Waals surface area contributed by atoms with Crippen LogP contribution in [0.3, 0.4) is 0 Å². The second-order valence-corrected chi connectivity index (χ2v) is 5.59. The summed E-state index contributed by atoms with van der Waals surface area (Å²) in [5.41, 5.74) is 1.14. The fourth-order valence-electron chi connectivity index (χ4n) is 1.94. The first-order valence-electron chi connectivity index (χ1n) is 6.20. The molecule has 102 valence electrons. The van der Waals surface area contributed by atoms with E-state index in [9.17, 15) is 9.59 Å². The smallest absolute Gasteiger partial charge is 0.238 e. The van der Waals surface area contributed by atoms with Crippen LogP contribution >= 0.6 is 11.8 Å². The van der Waals surface area contributed by atoms with Crippen LogP contribution in [-0.2, 0) is 19.1 Å². The number of Topliss-reactive ketones (excluding diaryl/α,β-unsaturated/α-hetero) is 1. The Labute approximate surface area is 120 Å². The van der Waals surface area contributed by atoms with Crippen LogP contribution in [0.25, 0.3) is 0 Å². The Balaban J connectivity index is 1.86. The lowest BCUT2D eigenvalue weighted by atomic mass is 10.1. The summed E-state index contributed by atoms with van der Waals surface area (Å²) in [6, 6.07) is 7.76. The number of allylic oxidation sites excluding steroid dienone is 2. The number of hydrogen-bond acceptors (Lipinski definition) is 5. The van der Waals surface area contributed by atoms with Gasteiger partial charge in [-0.3, -0.25) is 9.59 Å². The van der Waals surface area contributed by atoms with Gasteiger partial charge in [0, 0.05) is 11.0 Å². The van der Waals surface area contributed by atoms with Crippen molar-refractivity contribution in [3.63, 3.8) is 0 Å². The summed E-state index contributed by atoms with van der Waals surface area (Å²) in [5, 5.41) is 0. The minimum Gasteiger partial charge on any atom is -0.483 e. The van der Waals surface area contributed by atoms with Crippen LogP contribution in [0, 0.1) is 6.92 Å². The van der Waals surface area contributed by atoms with Crippen LogP contribution in [0.1, 0.15) is 5.56 Å². The van der Waals surface area contributed by atoms with E-state index >= 15 is 0 Å². The molecule has 0 fully saturated rings. The van der Waals surface area contributed by atoms with Crippen molar-refractivity contribution in [3.05, 3.63) is 52.3 Å². The lowest BCUT2D eigenvalue weighted by molar-refractivity contribution is -0.123. The first kappa shape index (κ1) is 13.0. The molecule has 2 aliphatic rings. The monoisotopic (exact) mass is 288 g/mol. The Morgan fingerprint density at radius 3 is 2.35 bits per heavy atom. The molecule has 1 aliphatic heterocycles. The molecule has 0 bridgehead atoms. The van der Waals surface area contributed by atoms with Gasteiger partial charge in [-0.25, -0.2) is 0 Å². The van der Waals surface area contributed by atoms with E-state index in [2.05, 4.69) is 0 Å². The molecule has 4 nitrogen and oxygen atoms in total. The van der Waals surface area contributed by atoms with Gasteiger partial charge in [0.15, 0.2) is 0 Å². The van der Waals surface area contributed by atoms with Gasteiger partial charge < -0.3 is 9.47 Å². The van der Waals surface area contributed by atoms with Gasteiger partial charge in [-0.1, -0.05) is 29.5 Å². The number of ketones is 2. The lowest BCUT2D eigenvalue weighted by Gasteiger charge is -2.23. The quantitative estimate of drug-likeness (QED) is 0.782. The van der Waals surface area contributed by atoms with Gasteiger partial charge in [-0.15, -0.1) is 0 Å². The minimum absolute atomic E-state index is 0.0366. The van der Waals surface area contributed by atoms with E-state index in [1.54, 1.807) is 0 Å². The van der Waals surface area contributed by atoms with Gasteiger partial charge in [0.2, 0.25) is 23.1 Å². The van der Waals surface area contributed by atoms with Crippen molar-refractivity contribution < 1.29 is 19.1 Å². The van der Waals surface area contributed by atoms with Crippen LogP contribution in [-0.4, -0.2) is 24.8 Å². The summed E-state index contributed by atoms with van der Waals surface area (Å²) in [4.78, 5) is 25.5. The number of benzene rings is 1. The maximum absolute atomic E-state index is 12.3. The maximum Gasteiger partial charge on any atom is 0.238 e. The minimum atomic E-state index is -0.311. The third-order valence-electron chi connectivity index (χ3n) is 2.95. The number of rotatable bonds is 2. The molecule has 5 heteroatoms. The van der Waals surface area contributed by atoms with Crippen molar-refractivity contribution in [1.82, 2.24) is 0 Å². The Kier molecular flexibility index (Phi) is 3.36. The summed E-state index contributed by atoms with van der Waals surface area (Å²) < 4.78 is 10.5. The lowest BCUT2D eigenvalue weighted by Crippen LogP contribution is -2.27. The highest BCUT2D eigenvalue weighted by atomic mass is 32.2. The zero-order valence-corrected chi connectivity index (χ0v) is 11.7. The summed E-state index contributed by atoms with van der Waals surface area (Å²) in [6.07, 6.45) is 1.32. The first-order chi connectivity index (χ1) is 9.65. The summed E-state index contributed by atoms with van der Waals surface area (Å²) in [5.74, 6) is -0.522. The molecule has 0 atom stereocenters. The fourth-order valence-corrected chi connectivity index (χ4v) is 2.82. The molecule has 0 unspecified atom stereocenters. The third kappa shape index (κ3) is 2.36. The Hall–Kier alpha value is -2.01. The molecule has 1 aliphatic carbocycles. The van der Waals surface area contributed by atoms with Crippen molar-refractivity contribution in [1.29, 1.82) is 0 Å². The Morgan fingerprint density at radius 2 is 1.65 bits per heavy atom. The molecular weight excluding hydrogens is 276 g/mol. The van der Waals surface area contributed by atoms with Gasteiger partial charge in [0.25, 0.3) is 0 Å². The van der Waals surface area contributed by atoms with Crippen molar-refractivity contribution in [2.24, 2.45) is 0 Å². The van der Waals surface area contributed by atoms with E-state index in [0.717, 1.165) is 10.5 Å². The van der Waals surface area contributed by atoms with Gasteiger partial charge in [0.1, 0.15) is 13.2 Å². The Morgan fingerprint density at radius 1 is 1.00 bits per heavy atom. The van der Waals surface area contributed by atoms with E-state index in [-0.39, 0.29) is 23.1 Å². The zero-order valence-electron chi connectivity index (χ0n) is 10.8. The van der Waals surface area contributed by atoms with Crippen LogP contribution < -0.4 is 0 Å². The van der Waals surface area contributed by atoms with E-state index < -0.39 is 0 Å². The highest BCUT2D eigenvalue weighted by Crippen LogP contribution is 2.34. The molecule has 0 N–H and O–H groups in total. The van der Waals surface area contributed by atoms with Gasteiger partial charge in [0.05, 0.1) is 4.91 Å². The summed E-state index contributed by atoms with van der Waals surface area (Å²) >= 11 is 1.26. The molecule has 0 saturated carbocycles. The highest BCUT2D eigenvalue weighted by molar-refractivity contribution is 8.04. The van der Waals surface area contributed by atoms with Crippen molar-refractivity contribution in [3.8, 4) is 0 Å². The molecule has 1 heterocycles. The SMILES string of the molecule is Cc1ccc(SC2=CC(=O)C3=C(OCCO3)C2=O)cc1. The number of ether oxygens (including phenoxy) is 2. The molecule has 0 saturated heterocycles. The molecule has 1 aromatic rings. The molecule has 20 heavy (non-hydrogen) atoms. The second kappa shape index (κ2) is 5.17. The van der Waals surface area contributed by atoms with E-state index in [4.69, 9.17) is 9.47 Å². The summed E-state index contributed by atoms with van der Waals surface area (Å²) in [6.45, 7) is 2.58. The van der Waals surface area contributed by atoms with Crippen LogP contribution in [0.5, 0.6) is 0 Å². The molecule has 3 rings (SSSR count). The average molecular weight is 288 g/mol. The maximum atomic E-state index is 12.3. The van der Waals surface area contributed by atoms with Crippen LogP contribution in [0.15, 0.2) is 51.7 Å². The fraction of sp³-hybridized carbons (Fsp3) is 0.200. The van der Waals surface area contributed by atoms with Gasteiger partial charge >= 0.3 is 0 Å². The number of carbonyl (C=O) groups excluding carboxylic acids is 2. The topological polar surface area (TPSA) is 52.6 Å². The van der Waals surface area contributed by atoms with Crippen LogP contribution in [0.2, 0.25) is 0 Å². The van der Waals surface area contributed by atoms with Gasteiger partial charge in [-0.05, 0) is 19.1 Å². The van der Waals surface area contributed by atoms with Gasteiger partial charge in [-0.2, -0.15) is 0 Å². The van der Waals surface area contributed by atoms with E-state index in [1.165, 1.54) is 17.8 Å². The third-order valence-corrected chi connectivity index (χ3v) is 3.98. The van der Waals surface area contributed by atoms with Crippen LogP contribution in [0.4, 0.5) is 0 Å². The number of hydrogen-bond donors (Lipinski definition) is 0. The predicted octanol–water partition coefficient (Wildman–Crippen LogP) is 2.38. The molecule has 0 spiro atoms. The first-order valence-corrected chi connectivity index (χ1v) is 7.02. The van der Waals surface area contributed by atoms with E-state index in [1.807, 2.05) is 31.2 Å². The molecule has 0 radical (unpaired) electrons. The second-order valence-electron chi connectivity index (χ2n) is 4.47. The predicted molar refractivity (Wildman–Crippen MR) is 74.1 cm³/mol. The van der Waals surface area contributed by atoms with E-state index in [0.29, 0.717) is 18.1 Å². The molecular formula is C15H12O4S. The summed E-state index contributed by atoms with van der Waals surface area (Å²) in [7, 11) is 0. The molecule has 0 amide bonds. The Bertz CT molecular complexity index is 640. The standard InChI is InChI=1S/C15H12O4S/c1-9-2-4-10(5-3-9)20-12-8-11(16)14-15(13(12)17)19-7-6-18-14/h2-5,8H,6-7H2,1H3. The van der Waals surface area contributed by atoms with Crippen molar-refractivity contribution >= 4 is 23.3 Å². The normalized spacial score (nSPS) is 18.1. The largest absolute Gasteiger partial charge is 0.483 e. The van der Waals surface area contributed by atoms with Crippen molar-refractivity contribution in [2.45, 2.75) is 11.8 Å². The zero-order chi connectivity index (χ0) is 14.1. The number of carbonyl (C=O) groups is 2. The number of aryl methyl sites for hydroxylation is 1. The highest BCUT2D eigenvalue weighted by Gasteiger charge is 2.34. The molecule has 1 aromatic carbocycles. The molecule has 0 aromatic heterocycles. The van der Waals surface area contributed by atoms with Crippen molar-refractivity contribution in [2.75, 3.05) is 13.2 Å². The number of thioether (sulfide) groups is 1. The average Bonchev–Trinajstić information content (AvgIpc) is 2.47.